The number of ether oxygens (including phenoxy) is 2. The monoisotopic (exact) mass is 330 g/mol. The lowest BCUT2D eigenvalue weighted by molar-refractivity contribution is 0.0948. The summed E-state index contributed by atoms with van der Waals surface area (Å²) in [6, 6.07) is 11.1. The van der Waals surface area contributed by atoms with Gasteiger partial charge in [-0.1, -0.05) is 18.2 Å². The number of rotatable bonds is 9. The molecule has 0 saturated heterocycles. The summed E-state index contributed by atoms with van der Waals surface area (Å²) in [7, 11) is 3.26. The van der Waals surface area contributed by atoms with Crippen LogP contribution in [0.15, 0.2) is 36.4 Å². The zero-order chi connectivity index (χ0) is 17.2. The van der Waals surface area contributed by atoms with Gasteiger partial charge in [0.05, 0.1) is 13.7 Å². The van der Waals surface area contributed by atoms with Gasteiger partial charge < -0.3 is 20.1 Å². The molecular formula is C17H22N4O3. The number of para-hydroxylation sites is 1. The Labute approximate surface area is 141 Å². The van der Waals surface area contributed by atoms with E-state index < -0.39 is 0 Å². The number of nitrogens with zero attached hydrogens (tertiary/aromatic N) is 2. The van der Waals surface area contributed by atoms with Crippen molar-refractivity contribution in [3.8, 4) is 5.75 Å². The minimum Gasteiger partial charge on any atom is -0.496 e. The molecule has 2 N–H and O–H groups in total. The maximum Gasteiger partial charge on any atom is 0.271 e. The first-order valence-electron chi connectivity index (χ1n) is 7.71. The maximum absolute atomic E-state index is 12.1. The van der Waals surface area contributed by atoms with E-state index in [0.29, 0.717) is 31.9 Å². The lowest BCUT2D eigenvalue weighted by Crippen LogP contribution is -2.27. The number of hydrogen-bond acceptors (Lipinski definition) is 6. The molecule has 24 heavy (non-hydrogen) atoms. The Bertz CT molecular complexity index is 647. The van der Waals surface area contributed by atoms with Crippen LogP contribution in [0.1, 0.15) is 16.1 Å². The number of carbonyl (C=O) groups excluding carboxylic acids is 1. The van der Waals surface area contributed by atoms with Crippen LogP contribution < -0.4 is 15.4 Å². The van der Waals surface area contributed by atoms with E-state index >= 15 is 0 Å². The molecule has 0 fully saturated rings. The molecule has 1 heterocycles. The zero-order valence-corrected chi connectivity index (χ0v) is 13.9. The van der Waals surface area contributed by atoms with Crippen molar-refractivity contribution < 1.29 is 14.3 Å². The molecule has 0 aliphatic heterocycles. The van der Waals surface area contributed by atoms with Crippen LogP contribution in [0.5, 0.6) is 5.75 Å². The van der Waals surface area contributed by atoms with Crippen LogP contribution in [0.4, 0.5) is 5.82 Å². The maximum atomic E-state index is 12.1. The summed E-state index contributed by atoms with van der Waals surface area (Å²) < 4.78 is 10.2. The van der Waals surface area contributed by atoms with E-state index in [1.165, 1.54) is 0 Å². The lowest BCUT2D eigenvalue weighted by atomic mass is 10.1. The van der Waals surface area contributed by atoms with Crippen molar-refractivity contribution in [2.45, 2.75) is 6.42 Å². The summed E-state index contributed by atoms with van der Waals surface area (Å²) in [4.78, 5) is 12.1. The average Bonchev–Trinajstić information content (AvgIpc) is 2.63. The smallest absolute Gasteiger partial charge is 0.271 e. The van der Waals surface area contributed by atoms with Gasteiger partial charge >= 0.3 is 0 Å². The number of amides is 1. The van der Waals surface area contributed by atoms with Crippen molar-refractivity contribution in [2.24, 2.45) is 0 Å². The van der Waals surface area contributed by atoms with Crippen LogP contribution >= 0.6 is 0 Å². The Kier molecular flexibility index (Phi) is 6.97. The Morgan fingerprint density at radius 1 is 1.08 bits per heavy atom. The van der Waals surface area contributed by atoms with Gasteiger partial charge in [-0.2, -0.15) is 0 Å². The van der Waals surface area contributed by atoms with Gasteiger partial charge in [0.15, 0.2) is 5.69 Å². The summed E-state index contributed by atoms with van der Waals surface area (Å²) in [5, 5.41) is 13.8. The number of anilines is 1. The third-order valence-electron chi connectivity index (χ3n) is 3.38. The van der Waals surface area contributed by atoms with Crippen molar-refractivity contribution >= 4 is 11.7 Å². The van der Waals surface area contributed by atoms with Gasteiger partial charge in [0.25, 0.3) is 5.91 Å². The van der Waals surface area contributed by atoms with Crippen molar-refractivity contribution in [2.75, 3.05) is 39.2 Å². The molecule has 1 aromatic heterocycles. The van der Waals surface area contributed by atoms with E-state index in [9.17, 15) is 4.79 Å². The summed E-state index contributed by atoms with van der Waals surface area (Å²) in [5.74, 6) is 1.18. The number of nitrogens with one attached hydrogen (secondary N) is 2. The Morgan fingerprint density at radius 2 is 1.92 bits per heavy atom. The van der Waals surface area contributed by atoms with Crippen molar-refractivity contribution in [1.82, 2.24) is 15.5 Å². The van der Waals surface area contributed by atoms with E-state index in [1.54, 1.807) is 26.4 Å². The van der Waals surface area contributed by atoms with Crippen molar-refractivity contribution in [1.29, 1.82) is 0 Å². The van der Waals surface area contributed by atoms with Crippen LogP contribution in [0.2, 0.25) is 0 Å². The van der Waals surface area contributed by atoms with Crippen LogP contribution in [0.3, 0.4) is 0 Å². The molecule has 0 aliphatic rings. The van der Waals surface area contributed by atoms with Crippen LogP contribution in [-0.4, -0.2) is 50.0 Å². The van der Waals surface area contributed by atoms with Gasteiger partial charge in [-0.15, -0.1) is 10.2 Å². The number of aromatic nitrogens is 2. The molecule has 2 rings (SSSR count). The Balaban J connectivity index is 1.82. The van der Waals surface area contributed by atoms with Crippen molar-refractivity contribution in [3.05, 3.63) is 47.7 Å². The van der Waals surface area contributed by atoms with Gasteiger partial charge in [0, 0.05) is 20.2 Å². The van der Waals surface area contributed by atoms with Gasteiger partial charge in [-0.05, 0) is 30.2 Å². The largest absolute Gasteiger partial charge is 0.496 e. The molecule has 0 bridgehead atoms. The highest BCUT2D eigenvalue weighted by Crippen LogP contribution is 2.17. The molecule has 0 atom stereocenters. The molecule has 0 radical (unpaired) electrons. The first kappa shape index (κ1) is 17.7. The van der Waals surface area contributed by atoms with Gasteiger partial charge in [0.1, 0.15) is 11.6 Å². The minimum atomic E-state index is -0.249. The number of hydrogen-bond donors (Lipinski definition) is 2. The topological polar surface area (TPSA) is 85.4 Å². The van der Waals surface area contributed by atoms with E-state index in [-0.39, 0.29) is 11.6 Å². The standard InChI is InChI=1S/C17H22N4O3/c1-23-12-11-18-16-8-7-14(20-21-16)17(22)19-10-9-13-5-3-4-6-15(13)24-2/h3-8H,9-12H2,1-2H3,(H,18,21)(H,19,22). The van der Waals surface area contributed by atoms with Gasteiger partial charge in [-0.3, -0.25) is 4.79 Å². The highest BCUT2D eigenvalue weighted by molar-refractivity contribution is 5.92. The van der Waals surface area contributed by atoms with E-state index in [1.807, 2.05) is 24.3 Å². The van der Waals surface area contributed by atoms with Crippen molar-refractivity contribution in [3.63, 3.8) is 0 Å². The normalized spacial score (nSPS) is 10.2. The molecular weight excluding hydrogens is 308 g/mol. The fourth-order valence-electron chi connectivity index (χ4n) is 2.14. The van der Waals surface area contributed by atoms with E-state index in [4.69, 9.17) is 9.47 Å². The van der Waals surface area contributed by atoms with Gasteiger partial charge in [0.2, 0.25) is 0 Å². The predicted molar refractivity (Wildman–Crippen MR) is 91.4 cm³/mol. The highest BCUT2D eigenvalue weighted by atomic mass is 16.5. The lowest BCUT2D eigenvalue weighted by Gasteiger charge is -2.09. The molecule has 1 amide bonds. The Hall–Kier alpha value is -2.67. The van der Waals surface area contributed by atoms with Gasteiger partial charge in [-0.25, -0.2) is 0 Å². The summed E-state index contributed by atoms with van der Waals surface area (Å²) in [5.41, 5.74) is 1.33. The molecule has 0 unspecified atom stereocenters. The average molecular weight is 330 g/mol. The van der Waals surface area contributed by atoms with Crippen LogP contribution in [0.25, 0.3) is 0 Å². The summed E-state index contributed by atoms with van der Waals surface area (Å²) in [6.07, 6.45) is 0.680. The molecule has 0 saturated carbocycles. The highest BCUT2D eigenvalue weighted by Gasteiger charge is 2.08. The fraction of sp³-hybridized carbons (Fsp3) is 0.353. The molecule has 1 aromatic carbocycles. The second-order valence-electron chi connectivity index (χ2n) is 5.04. The molecule has 128 valence electrons. The summed E-state index contributed by atoms with van der Waals surface area (Å²) >= 11 is 0. The number of methoxy groups -OCH3 is 2. The molecule has 7 heteroatoms. The number of benzene rings is 1. The van der Waals surface area contributed by atoms with E-state index in [0.717, 1.165) is 11.3 Å². The second-order valence-corrected chi connectivity index (χ2v) is 5.04. The fourth-order valence-corrected chi connectivity index (χ4v) is 2.14. The SMILES string of the molecule is COCCNc1ccc(C(=O)NCCc2ccccc2OC)nn1. The Morgan fingerprint density at radius 3 is 2.62 bits per heavy atom. The van der Waals surface area contributed by atoms with E-state index in [2.05, 4.69) is 20.8 Å². The summed E-state index contributed by atoms with van der Waals surface area (Å²) in [6.45, 7) is 1.71. The second kappa shape index (κ2) is 9.46. The molecule has 0 spiro atoms. The molecule has 2 aromatic rings. The van der Waals surface area contributed by atoms with Crippen LogP contribution in [0, 0.1) is 0 Å². The number of carbonyl (C=O) groups is 1. The molecule has 7 nitrogen and oxygen atoms in total. The predicted octanol–water partition coefficient (Wildman–Crippen LogP) is 1.52. The minimum absolute atomic E-state index is 0.249. The molecule has 0 aliphatic carbocycles. The third-order valence-corrected chi connectivity index (χ3v) is 3.38. The zero-order valence-electron chi connectivity index (χ0n) is 13.9. The first-order chi connectivity index (χ1) is 11.7. The third kappa shape index (κ3) is 5.20. The van der Waals surface area contributed by atoms with Crippen LogP contribution in [-0.2, 0) is 11.2 Å². The quantitative estimate of drug-likeness (QED) is 0.678. The first-order valence-corrected chi connectivity index (χ1v) is 7.71.